The van der Waals surface area contributed by atoms with E-state index in [9.17, 15) is 13.2 Å². The van der Waals surface area contributed by atoms with E-state index >= 15 is 0 Å². The summed E-state index contributed by atoms with van der Waals surface area (Å²) in [6.45, 7) is 5.51. The summed E-state index contributed by atoms with van der Waals surface area (Å²) < 4.78 is 26.1. The van der Waals surface area contributed by atoms with E-state index in [1.54, 1.807) is 18.2 Å². The number of benzene rings is 2. The molecule has 0 aromatic heterocycles. The molecule has 166 valence electrons. The van der Waals surface area contributed by atoms with Crippen molar-refractivity contribution in [1.29, 1.82) is 0 Å². The third-order valence-corrected chi connectivity index (χ3v) is 8.23. The predicted molar refractivity (Wildman–Crippen MR) is 123 cm³/mol. The van der Waals surface area contributed by atoms with Gasteiger partial charge in [-0.2, -0.15) is 0 Å². The van der Waals surface area contributed by atoms with Gasteiger partial charge in [0.05, 0.1) is 4.90 Å². The minimum Gasteiger partial charge on any atom is -0.312 e. The number of carbonyl (C=O) groups is 1. The van der Waals surface area contributed by atoms with Crippen molar-refractivity contribution in [3.8, 4) is 0 Å². The van der Waals surface area contributed by atoms with Gasteiger partial charge in [-0.15, -0.1) is 0 Å². The highest BCUT2D eigenvalue weighted by atomic mass is 32.2. The summed E-state index contributed by atoms with van der Waals surface area (Å²) in [5.74, 6) is 0.210. The number of aryl methyl sites for hydroxylation is 1. The van der Waals surface area contributed by atoms with Crippen molar-refractivity contribution < 1.29 is 13.2 Å². The summed E-state index contributed by atoms with van der Waals surface area (Å²) in [7, 11) is -0.404. The minimum absolute atomic E-state index is 0.0323. The number of hydrogen-bond donors (Lipinski definition) is 0. The molecule has 2 aromatic carbocycles. The number of likely N-dealkylation sites (tertiary alicyclic amines) is 1. The van der Waals surface area contributed by atoms with Gasteiger partial charge in [0.2, 0.25) is 15.9 Å². The van der Waals surface area contributed by atoms with E-state index < -0.39 is 10.0 Å². The molecule has 31 heavy (non-hydrogen) atoms. The Balaban J connectivity index is 1.40. The fourth-order valence-corrected chi connectivity index (χ4v) is 5.56. The molecule has 7 heteroatoms. The van der Waals surface area contributed by atoms with E-state index in [1.807, 2.05) is 4.90 Å². The zero-order chi connectivity index (χ0) is 22.2. The van der Waals surface area contributed by atoms with E-state index in [1.165, 1.54) is 29.5 Å². The quantitative estimate of drug-likeness (QED) is 0.716. The van der Waals surface area contributed by atoms with Gasteiger partial charge in [-0.25, -0.2) is 12.7 Å². The van der Waals surface area contributed by atoms with E-state index in [4.69, 9.17) is 0 Å². The van der Waals surface area contributed by atoms with Crippen LogP contribution in [0.1, 0.15) is 29.5 Å². The summed E-state index contributed by atoms with van der Waals surface area (Å²) in [4.78, 5) is 17.8. The second-order valence-corrected chi connectivity index (χ2v) is 11.0. The van der Waals surface area contributed by atoms with Crippen molar-refractivity contribution in [2.75, 3.05) is 38.6 Å². The molecular weight excluding hydrogens is 410 g/mol. The molecule has 1 saturated heterocycles. The van der Waals surface area contributed by atoms with Crippen LogP contribution in [0, 0.1) is 12.8 Å². The first-order valence-corrected chi connectivity index (χ1v) is 12.3. The Morgan fingerprint density at radius 3 is 2.48 bits per heavy atom. The average Bonchev–Trinajstić information content (AvgIpc) is 3.17. The third kappa shape index (κ3) is 4.54. The van der Waals surface area contributed by atoms with Gasteiger partial charge in [0, 0.05) is 38.8 Å². The second-order valence-electron chi connectivity index (χ2n) is 8.86. The largest absolute Gasteiger partial charge is 0.312 e. The molecule has 6 nitrogen and oxygen atoms in total. The maximum atomic E-state index is 13.2. The number of sulfonamides is 1. The minimum atomic E-state index is -3.47. The average molecular weight is 442 g/mol. The number of nitrogens with zero attached hydrogens (tertiary/aromatic N) is 3. The molecule has 4 rings (SSSR count). The maximum Gasteiger partial charge on any atom is 0.242 e. The third-order valence-electron chi connectivity index (χ3n) is 6.42. The molecular formula is C24H31N3O3S. The zero-order valence-corrected chi connectivity index (χ0v) is 19.4. The van der Waals surface area contributed by atoms with Crippen LogP contribution in [-0.2, 0) is 27.8 Å². The summed E-state index contributed by atoms with van der Waals surface area (Å²) >= 11 is 0. The molecule has 0 saturated carbocycles. The molecule has 1 amide bonds. The van der Waals surface area contributed by atoms with Gasteiger partial charge >= 0.3 is 0 Å². The lowest BCUT2D eigenvalue weighted by molar-refractivity contribution is -0.123. The molecule has 2 aliphatic rings. The SMILES string of the molecule is Cc1cccc(CN2CCC(C(=O)N3CCc4cc(S(=O)(=O)N(C)C)ccc43)CC2)c1. The summed E-state index contributed by atoms with van der Waals surface area (Å²) in [5, 5.41) is 0. The van der Waals surface area contributed by atoms with E-state index in [-0.39, 0.29) is 16.7 Å². The topological polar surface area (TPSA) is 60.9 Å². The normalized spacial score (nSPS) is 17.9. The van der Waals surface area contributed by atoms with E-state index in [2.05, 4.69) is 36.1 Å². The van der Waals surface area contributed by atoms with Gasteiger partial charge in [0.25, 0.3) is 0 Å². The van der Waals surface area contributed by atoms with Crippen molar-refractivity contribution in [2.24, 2.45) is 5.92 Å². The van der Waals surface area contributed by atoms with E-state index in [0.29, 0.717) is 13.0 Å². The fraction of sp³-hybridized carbons (Fsp3) is 0.458. The predicted octanol–water partition coefficient (Wildman–Crippen LogP) is 3.05. The lowest BCUT2D eigenvalue weighted by atomic mass is 9.94. The molecule has 2 aromatic rings. The van der Waals surface area contributed by atoms with Crippen LogP contribution in [0.2, 0.25) is 0 Å². The van der Waals surface area contributed by atoms with E-state index in [0.717, 1.165) is 43.7 Å². The number of fused-ring (bicyclic) bond motifs is 1. The van der Waals surface area contributed by atoms with Gasteiger partial charge < -0.3 is 4.90 Å². The van der Waals surface area contributed by atoms with Crippen LogP contribution in [0.5, 0.6) is 0 Å². The summed E-state index contributed by atoms with van der Waals surface area (Å²) in [6, 6.07) is 13.7. The van der Waals surface area contributed by atoms with Crippen molar-refractivity contribution in [3.63, 3.8) is 0 Å². The van der Waals surface area contributed by atoms with Gasteiger partial charge in [-0.3, -0.25) is 9.69 Å². The lowest BCUT2D eigenvalue weighted by Gasteiger charge is -2.33. The maximum absolute atomic E-state index is 13.2. The van der Waals surface area contributed by atoms with Crippen LogP contribution in [0.3, 0.4) is 0 Å². The Labute approximate surface area is 185 Å². The number of anilines is 1. The molecule has 2 heterocycles. The number of amides is 1. The van der Waals surface area contributed by atoms with Crippen LogP contribution >= 0.6 is 0 Å². The number of hydrogen-bond acceptors (Lipinski definition) is 4. The standard InChI is InChI=1S/C24H31N3O3S/c1-18-5-4-6-19(15-18)17-26-12-9-20(10-13-26)24(28)27-14-11-21-16-22(7-8-23(21)27)31(29,30)25(2)3/h4-8,15-16,20H,9-14,17H2,1-3H3. The van der Waals surface area contributed by atoms with Crippen LogP contribution in [0.25, 0.3) is 0 Å². The van der Waals surface area contributed by atoms with Crippen LogP contribution in [0.15, 0.2) is 47.4 Å². The monoisotopic (exact) mass is 441 g/mol. The zero-order valence-electron chi connectivity index (χ0n) is 18.5. The van der Waals surface area contributed by atoms with Gasteiger partial charge in [0.15, 0.2) is 0 Å². The number of piperidine rings is 1. The molecule has 1 fully saturated rings. The first kappa shape index (κ1) is 22.0. The number of carbonyl (C=O) groups excluding carboxylic acids is 1. The Hall–Kier alpha value is -2.22. The highest BCUT2D eigenvalue weighted by molar-refractivity contribution is 7.89. The Morgan fingerprint density at radius 1 is 1.06 bits per heavy atom. The Kier molecular flexibility index (Phi) is 6.19. The summed E-state index contributed by atoms with van der Waals surface area (Å²) in [6.07, 6.45) is 2.43. The fourth-order valence-electron chi connectivity index (χ4n) is 4.61. The Bertz CT molecular complexity index is 1070. The van der Waals surface area contributed by atoms with Gasteiger partial charge in [0.1, 0.15) is 0 Å². The number of rotatable bonds is 5. The smallest absolute Gasteiger partial charge is 0.242 e. The van der Waals surface area contributed by atoms with Crippen molar-refractivity contribution in [2.45, 2.75) is 37.6 Å². The molecule has 2 aliphatic heterocycles. The first-order valence-electron chi connectivity index (χ1n) is 10.9. The molecule has 0 aliphatic carbocycles. The second kappa shape index (κ2) is 8.73. The summed E-state index contributed by atoms with van der Waals surface area (Å²) in [5.41, 5.74) is 4.40. The molecule has 0 atom stereocenters. The molecule has 0 bridgehead atoms. The molecule has 0 radical (unpaired) electrons. The van der Waals surface area contributed by atoms with Crippen LogP contribution < -0.4 is 4.90 Å². The van der Waals surface area contributed by atoms with Crippen molar-refractivity contribution >= 4 is 21.6 Å². The first-order chi connectivity index (χ1) is 14.8. The molecule has 0 spiro atoms. The van der Waals surface area contributed by atoms with Gasteiger partial charge in [-0.05, 0) is 68.6 Å². The van der Waals surface area contributed by atoms with Crippen molar-refractivity contribution in [1.82, 2.24) is 9.21 Å². The highest BCUT2D eigenvalue weighted by Crippen LogP contribution is 2.33. The lowest BCUT2D eigenvalue weighted by Crippen LogP contribution is -2.42. The van der Waals surface area contributed by atoms with Gasteiger partial charge in [-0.1, -0.05) is 29.8 Å². The van der Waals surface area contributed by atoms with Crippen LogP contribution in [0.4, 0.5) is 5.69 Å². The molecule has 0 N–H and O–H groups in total. The Morgan fingerprint density at radius 2 is 1.81 bits per heavy atom. The molecule has 0 unspecified atom stereocenters. The van der Waals surface area contributed by atoms with Crippen LogP contribution in [-0.4, -0.2) is 57.3 Å². The highest BCUT2D eigenvalue weighted by Gasteiger charge is 2.33. The van der Waals surface area contributed by atoms with Crippen molar-refractivity contribution in [3.05, 3.63) is 59.2 Å².